The Morgan fingerprint density at radius 1 is 1.03 bits per heavy atom. The van der Waals surface area contributed by atoms with Crippen molar-refractivity contribution in [3.8, 4) is 6.07 Å². The third-order valence-electron chi connectivity index (χ3n) is 5.52. The molecule has 6 heteroatoms. The molecule has 0 aliphatic heterocycles. The summed E-state index contributed by atoms with van der Waals surface area (Å²) in [4.78, 5) is 32.2. The summed E-state index contributed by atoms with van der Waals surface area (Å²) >= 11 is 0. The van der Waals surface area contributed by atoms with Crippen LogP contribution in [-0.4, -0.2) is 30.0 Å². The molecule has 0 unspecified atom stereocenters. The lowest BCUT2D eigenvalue weighted by atomic mass is 9.90. The minimum absolute atomic E-state index is 0.192. The number of nitrogens with zero attached hydrogens (tertiary/aromatic N) is 3. The van der Waals surface area contributed by atoms with Crippen molar-refractivity contribution < 1.29 is 14.3 Å². The highest BCUT2D eigenvalue weighted by Crippen LogP contribution is 2.29. The number of rotatable bonds is 6. The molecule has 1 aromatic heterocycles. The zero-order valence-electron chi connectivity index (χ0n) is 17.2. The first kappa shape index (κ1) is 20.5. The van der Waals surface area contributed by atoms with Gasteiger partial charge >= 0.3 is 5.97 Å². The van der Waals surface area contributed by atoms with Crippen molar-refractivity contribution in [1.29, 1.82) is 5.26 Å². The molecule has 1 amide bonds. The summed E-state index contributed by atoms with van der Waals surface area (Å²) in [7, 11) is 0. The maximum atomic E-state index is 13.1. The Hall–Kier alpha value is -3.72. The van der Waals surface area contributed by atoms with E-state index in [4.69, 9.17) is 15.0 Å². The fourth-order valence-corrected chi connectivity index (χ4v) is 4.05. The highest BCUT2D eigenvalue weighted by atomic mass is 16.5. The van der Waals surface area contributed by atoms with Crippen molar-refractivity contribution in [1.82, 2.24) is 4.98 Å². The third-order valence-corrected chi connectivity index (χ3v) is 5.52. The summed E-state index contributed by atoms with van der Waals surface area (Å²) in [5, 5.41) is 9.70. The van der Waals surface area contributed by atoms with Gasteiger partial charge < -0.3 is 9.64 Å². The van der Waals surface area contributed by atoms with Gasteiger partial charge in [-0.3, -0.25) is 9.78 Å². The van der Waals surface area contributed by atoms with Crippen molar-refractivity contribution >= 4 is 28.5 Å². The number of anilines is 1. The van der Waals surface area contributed by atoms with E-state index in [1.807, 2.05) is 42.5 Å². The van der Waals surface area contributed by atoms with Crippen LogP contribution >= 0.6 is 0 Å². The van der Waals surface area contributed by atoms with E-state index >= 15 is 0 Å². The maximum Gasteiger partial charge on any atom is 0.339 e. The third kappa shape index (κ3) is 4.41. The average Bonchev–Trinajstić information content (AvgIpc) is 2.82. The molecule has 3 aromatic rings. The number of nitriles is 1. The number of esters is 1. The molecule has 2 aromatic carbocycles. The molecule has 6 nitrogen and oxygen atoms in total. The number of fused-ring (bicyclic) bond motifs is 2. The summed E-state index contributed by atoms with van der Waals surface area (Å²) < 4.78 is 5.51. The number of carbonyl (C=O) groups is 2. The van der Waals surface area contributed by atoms with Crippen LogP contribution in [0.2, 0.25) is 0 Å². The van der Waals surface area contributed by atoms with Gasteiger partial charge in [-0.1, -0.05) is 36.4 Å². The first-order valence-electron chi connectivity index (χ1n) is 10.5. The summed E-state index contributed by atoms with van der Waals surface area (Å²) in [5.41, 5.74) is 3.85. The van der Waals surface area contributed by atoms with Crippen molar-refractivity contribution in [2.75, 3.05) is 18.1 Å². The molecule has 1 aliphatic carbocycles. The van der Waals surface area contributed by atoms with E-state index in [0.29, 0.717) is 11.3 Å². The Bertz CT molecular complexity index is 1150. The van der Waals surface area contributed by atoms with Gasteiger partial charge in [-0.2, -0.15) is 5.26 Å². The maximum absolute atomic E-state index is 13.1. The lowest BCUT2D eigenvalue weighted by Gasteiger charge is -2.22. The van der Waals surface area contributed by atoms with Gasteiger partial charge in [0.05, 0.1) is 23.6 Å². The number of hydrogen-bond donors (Lipinski definition) is 0. The van der Waals surface area contributed by atoms with Crippen LogP contribution in [0.25, 0.3) is 10.9 Å². The molecule has 1 aliphatic rings. The summed E-state index contributed by atoms with van der Waals surface area (Å²) in [6, 6.07) is 18.7. The molecule has 0 bridgehead atoms. The van der Waals surface area contributed by atoms with Gasteiger partial charge in [0.25, 0.3) is 5.91 Å². The van der Waals surface area contributed by atoms with Crippen molar-refractivity contribution in [2.45, 2.75) is 32.1 Å². The lowest BCUT2D eigenvalue weighted by Crippen LogP contribution is -2.35. The molecule has 156 valence electrons. The monoisotopic (exact) mass is 413 g/mol. The van der Waals surface area contributed by atoms with E-state index in [-0.39, 0.29) is 25.5 Å². The molecule has 4 rings (SSSR count). The molecule has 31 heavy (non-hydrogen) atoms. The predicted molar refractivity (Wildman–Crippen MR) is 118 cm³/mol. The highest BCUT2D eigenvalue weighted by molar-refractivity contribution is 6.06. The van der Waals surface area contributed by atoms with Gasteiger partial charge in [0.2, 0.25) is 0 Å². The smallest absolute Gasteiger partial charge is 0.339 e. The Morgan fingerprint density at radius 2 is 1.77 bits per heavy atom. The second kappa shape index (κ2) is 9.40. The van der Waals surface area contributed by atoms with E-state index in [1.165, 1.54) is 4.90 Å². The van der Waals surface area contributed by atoms with Crippen molar-refractivity contribution in [2.24, 2.45) is 0 Å². The molecule has 0 N–H and O–H groups in total. The largest absolute Gasteiger partial charge is 0.452 e. The molecule has 0 saturated heterocycles. The van der Waals surface area contributed by atoms with Crippen LogP contribution in [0.4, 0.5) is 5.69 Å². The van der Waals surface area contributed by atoms with Crippen molar-refractivity contribution in [3.05, 3.63) is 71.4 Å². The molecule has 0 spiro atoms. The number of carbonyl (C=O) groups excluding carboxylic acids is 2. The Balaban J connectivity index is 1.58. The second-order valence-corrected chi connectivity index (χ2v) is 7.50. The molecule has 0 saturated carbocycles. The summed E-state index contributed by atoms with van der Waals surface area (Å²) in [6.45, 7) is -0.144. The minimum Gasteiger partial charge on any atom is -0.452 e. The quantitative estimate of drug-likeness (QED) is 0.565. The molecule has 1 heterocycles. The topological polar surface area (TPSA) is 83.3 Å². The Labute approximate surface area is 181 Å². The number of pyridine rings is 1. The zero-order valence-corrected chi connectivity index (χ0v) is 17.2. The summed E-state index contributed by atoms with van der Waals surface area (Å²) in [5.74, 6) is -0.861. The first-order chi connectivity index (χ1) is 15.2. The van der Waals surface area contributed by atoms with E-state index < -0.39 is 5.97 Å². The number of hydrogen-bond acceptors (Lipinski definition) is 5. The Morgan fingerprint density at radius 3 is 2.58 bits per heavy atom. The number of ether oxygens (including phenoxy) is 1. The van der Waals surface area contributed by atoms with Crippen LogP contribution in [0.5, 0.6) is 0 Å². The number of benzene rings is 2. The number of aromatic nitrogens is 1. The van der Waals surface area contributed by atoms with Gasteiger partial charge in [-0.15, -0.1) is 0 Å². The second-order valence-electron chi connectivity index (χ2n) is 7.50. The fraction of sp³-hybridized carbons (Fsp3) is 0.280. The van der Waals surface area contributed by atoms with Gasteiger partial charge in [-0.05, 0) is 49.4 Å². The van der Waals surface area contributed by atoms with E-state index in [0.717, 1.165) is 47.8 Å². The van der Waals surface area contributed by atoms with Crippen LogP contribution in [0.1, 0.15) is 40.9 Å². The molecular weight excluding hydrogens is 390 g/mol. The van der Waals surface area contributed by atoms with Gasteiger partial charge in [0, 0.05) is 23.3 Å². The highest BCUT2D eigenvalue weighted by Gasteiger charge is 2.25. The van der Waals surface area contributed by atoms with Crippen LogP contribution in [-0.2, 0) is 22.4 Å². The van der Waals surface area contributed by atoms with Gasteiger partial charge in [0.15, 0.2) is 6.61 Å². The van der Waals surface area contributed by atoms with Crippen LogP contribution in [0, 0.1) is 11.3 Å². The average molecular weight is 413 g/mol. The molecule has 0 radical (unpaired) electrons. The number of amides is 1. The van der Waals surface area contributed by atoms with E-state index in [9.17, 15) is 9.59 Å². The zero-order chi connectivity index (χ0) is 21.6. The predicted octanol–water partition coefficient (Wildman–Crippen LogP) is 4.22. The fourth-order valence-electron chi connectivity index (χ4n) is 4.05. The van der Waals surface area contributed by atoms with Crippen LogP contribution in [0.3, 0.4) is 0 Å². The minimum atomic E-state index is -0.501. The van der Waals surface area contributed by atoms with Gasteiger partial charge in [-0.25, -0.2) is 4.79 Å². The van der Waals surface area contributed by atoms with Gasteiger partial charge in [0.1, 0.15) is 0 Å². The normalized spacial score (nSPS) is 12.6. The SMILES string of the molecule is N#CCCN(C(=O)COC(=O)c1c2c(nc3ccccc13)CCCC2)c1ccccc1. The van der Waals surface area contributed by atoms with E-state index in [1.54, 1.807) is 12.1 Å². The van der Waals surface area contributed by atoms with Crippen molar-refractivity contribution in [3.63, 3.8) is 0 Å². The van der Waals surface area contributed by atoms with Crippen LogP contribution < -0.4 is 4.90 Å². The Kier molecular flexibility index (Phi) is 6.23. The lowest BCUT2D eigenvalue weighted by molar-refractivity contribution is -0.121. The molecule has 0 fully saturated rings. The standard InChI is InChI=1S/C25H23N3O3/c26-15-8-16-28(18-9-2-1-3-10-18)23(29)17-31-25(30)24-19-11-4-6-13-21(19)27-22-14-7-5-12-20(22)24/h1-4,6,9-11,13H,5,7-8,12,14,16-17H2. The number of aryl methyl sites for hydroxylation is 1. The number of para-hydroxylation sites is 2. The van der Waals surface area contributed by atoms with E-state index in [2.05, 4.69) is 6.07 Å². The molecular formula is C25H23N3O3. The molecule has 0 atom stereocenters. The first-order valence-corrected chi connectivity index (χ1v) is 10.5. The van der Waals surface area contributed by atoms with Crippen LogP contribution in [0.15, 0.2) is 54.6 Å². The summed E-state index contributed by atoms with van der Waals surface area (Å²) in [6.07, 6.45) is 3.87.